The molecule has 0 N–H and O–H groups in total. The van der Waals surface area contributed by atoms with Crippen LogP contribution in [0.15, 0.2) is 4.99 Å². The largest absolute Gasteiger partial charge is 0.463 e. The molecule has 0 spiro atoms. The number of esters is 6. The number of hydrogen-bond acceptors (Lipinski definition) is 17. The van der Waals surface area contributed by atoms with Crippen molar-refractivity contribution in [1.82, 2.24) is 0 Å². The molecule has 18 heteroatoms. The van der Waals surface area contributed by atoms with E-state index in [1.165, 1.54) is 0 Å². The van der Waals surface area contributed by atoms with Crippen molar-refractivity contribution in [2.75, 3.05) is 13.2 Å². The Bertz CT molecular complexity index is 1110. The lowest BCUT2D eigenvalue weighted by molar-refractivity contribution is -0.336. The highest BCUT2D eigenvalue weighted by Crippen LogP contribution is 2.36. The Morgan fingerprint density at radius 2 is 1.09 bits per heavy atom. The fourth-order valence-electron chi connectivity index (χ4n) is 4.32. The third-order valence-corrected chi connectivity index (χ3v) is 7.19. The molecule has 240 valence electrons. The zero-order chi connectivity index (χ0) is 32.4. The van der Waals surface area contributed by atoms with E-state index in [9.17, 15) is 28.8 Å². The summed E-state index contributed by atoms with van der Waals surface area (Å²) in [6.45, 7) is 5.76. The zero-order valence-electron chi connectivity index (χ0n) is 24.0. The minimum atomic E-state index is -1.64. The van der Waals surface area contributed by atoms with Gasteiger partial charge in [-0.2, -0.15) is 4.99 Å². The fraction of sp³-hybridized carbons (Fsp3) is 0.720. The van der Waals surface area contributed by atoms with Crippen molar-refractivity contribution in [2.45, 2.75) is 101 Å². The molecule has 0 amide bonds. The van der Waals surface area contributed by atoms with Crippen LogP contribution in [0.3, 0.4) is 0 Å². The number of carbonyl (C=O) groups is 6. The van der Waals surface area contributed by atoms with Crippen molar-refractivity contribution < 1.29 is 71.4 Å². The number of carbonyl (C=O) groups excluding carboxylic acids is 6. The number of ether oxygens (including phenoxy) is 9. The molecule has 2 saturated heterocycles. The summed E-state index contributed by atoms with van der Waals surface area (Å²) in [7, 11) is 0. The summed E-state index contributed by atoms with van der Waals surface area (Å²) in [5.41, 5.74) is 0. The predicted octanol–water partition coefficient (Wildman–Crippen LogP) is 0.581. The second-order valence-electron chi connectivity index (χ2n) is 9.27. The molecule has 2 fully saturated rings. The van der Waals surface area contributed by atoms with Crippen LogP contribution in [0.1, 0.15) is 41.5 Å². The summed E-state index contributed by atoms with van der Waals surface area (Å²) in [6.07, 6.45) is -12.1. The van der Waals surface area contributed by atoms with Gasteiger partial charge in [-0.1, -0.05) is 22.6 Å². The van der Waals surface area contributed by atoms with Gasteiger partial charge in [-0.25, -0.2) is 0 Å². The van der Waals surface area contributed by atoms with Crippen LogP contribution in [0.2, 0.25) is 0 Å². The SMILES string of the molecule is CC(=O)OC[C@H]1O[C@H](O[C@H]2[C@H](OC(C)=O)[C@H](I)[C@@H](N=C=S)O[C@@H]2COC(C)=O)[C@H](OC(C)=O)[C@@H](OC(C)=O)[C@@H]1OC(C)=O. The van der Waals surface area contributed by atoms with Gasteiger partial charge in [0.2, 0.25) is 0 Å². The maximum absolute atomic E-state index is 12.2. The van der Waals surface area contributed by atoms with Gasteiger partial charge in [-0.15, -0.1) is 0 Å². The quantitative estimate of drug-likeness (QED) is 0.0710. The van der Waals surface area contributed by atoms with Crippen molar-refractivity contribution >= 4 is 75.8 Å². The van der Waals surface area contributed by atoms with Crippen LogP contribution in [-0.4, -0.2) is 113 Å². The molecular formula is C25H32INO15S. The minimum absolute atomic E-state index is 0.407. The van der Waals surface area contributed by atoms with Gasteiger partial charge < -0.3 is 42.6 Å². The van der Waals surface area contributed by atoms with Crippen molar-refractivity contribution in [1.29, 1.82) is 0 Å². The molecule has 0 bridgehead atoms. The molecule has 2 aliphatic rings. The Morgan fingerprint density at radius 3 is 1.56 bits per heavy atom. The zero-order valence-corrected chi connectivity index (χ0v) is 27.0. The van der Waals surface area contributed by atoms with E-state index in [1.54, 1.807) is 0 Å². The van der Waals surface area contributed by atoms with E-state index in [0.29, 0.717) is 0 Å². The van der Waals surface area contributed by atoms with Gasteiger partial charge >= 0.3 is 35.8 Å². The van der Waals surface area contributed by atoms with Crippen molar-refractivity contribution in [3.05, 3.63) is 0 Å². The van der Waals surface area contributed by atoms with E-state index in [2.05, 4.69) is 10.2 Å². The van der Waals surface area contributed by atoms with Crippen molar-refractivity contribution in [3.63, 3.8) is 0 Å². The molecule has 43 heavy (non-hydrogen) atoms. The van der Waals surface area contributed by atoms with Crippen LogP contribution in [0.5, 0.6) is 0 Å². The van der Waals surface area contributed by atoms with Crippen molar-refractivity contribution in [2.24, 2.45) is 4.99 Å². The highest BCUT2D eigenvalue weighted by molar-refractivity contribution is 14.1. The molecule has 0 unspecified atom stereocenters. The third-order valence-electron chi connectivity index (χ3n) is 5.76. The number of nitrogens with zero attached hydrogens (tertiary/aromatic N) is 1. The molecule has 0 saturated carbocycles. The van der Waals surface area contributed by atoms with E-state index >= 15 is 0 Å². The second kappa shape index (κ2) is 16.9. The van der Waals surface area contributed by atoms with E-state index < -0.39 is 108 Å². The average molecular weight is 745 g/mol. The normalized spacial score (nSPS) is 31.8. The van der Waals surface area contributed by atoms with Crippen LogP contribution in [0, 0.1) is 0 Å². The van der Waals surface area contributed by atoms with Gasteiger partial charge in [-0.3, -0.25) is 28.8 Å². The maximum Gasteiger partial charge on any atom is 0.303 e. The Morgan fingerprint density at radius 1 is 0.651 bits per heavy atom. The van der Waals surface area contributed by atoms with Crippen LogP contribution < -0.4 is 0 Å². The molecule has 0 radical (unpaired) electrons. The van der Waals surface area contributed by atoms with Crippen LogP contribution in [0.4, 0.5) is 0 Å². The molecule has 2 rings (SSSR count). The maximum atomic E-state index is 12.2. The van der Waals surface area contributed by atoms with E-state index in [1.807, 2.05) is 22.6 Å². The van der Waals surface area contributed by atoms with E-state index in [0.717, 1.165) is 41.5 Å². The Hall–Kier alpha value is -2.77. The second-order valence-corrected chi connectivity index (χ2v) is 10.9. The van der Waals surface area contributed by atoms with Gasteiger partial charge in [0.1, 0.15) is 37.6 Å². The molecule has 0 aromatic rings. The molecule has 0 aliphatic carbocycles. The highest BCUT2D eigenvalue weighted by Gasteiger charge is 2.56. The average Bonchev–Trinajstić information content (AvgIpc) is 2.88. The first-order valence-electron chi connectivity index (χ1n) is 12.8. The summed E-state index contributed by atoms with van der Waals surface area (Å²) in [6, 6.07) is 0. The molecule has 2 heterocycles. The minimum Gasteiger partial charge on any atom is -0.463 e. The van der Waals surface area contributed by atoms with Gasteiger partial charge in [0.05, 0.1) is 9.09 Å². The lowest BCUT2D eigenvalue weighted by atomic mass is 9.96. The van der Waals surface area contributed by atoms with Crippen LogP contribution in [-0.2, 0) is 71.4 Å². The Labute approximate surface area is 265 Å². The van der Waals surface area contributed by atoms with Crippen LogP contribution >= 0.6 is 34.8 Å². The van der Waals surface area contributed by atoms with Crippen LogP contribution in [0.25, 0.3) is 0 Å². The molecule has 0 aromatic heterocycles. The summed E-state index contributed by atoms with van der Waals surface area (Å²) in [5, 5.41) is 2.20. The first-order valence-corrected chi connectivity index (χ1v) is 14.4. The lowest BCUT2D eigenvalue weighted by Crippen LogP contribution is -2.66. The Balaban J connectivity index is 2.63. The smallest absolute Gasteiger partial charge is 0.303 e. The molecular weight excluding hydrogens is 713 g/mol. The van der Waals surface area contributed by atoms with Crippen molar-refractivity contribution in [3.8, 4) is 0 Å². The third kappa shape index (κ3) is 11.0. The predicted molar refractivity (Wildman–Crippen MR) is 151 cm³/mol. The summed E-state index contributed by atoms with van der Waals surface area (Å²) >= 11 is 6.62. The topological polar surface area (TPSA) is 198 Å². The molecule has 16 nitrogen and oxygen atoms in total. The van der Waals surface area contributed by atoms with E-state index in [-0.39, 0.29) is 0 Å². The number of hydrogen-bond donors (Lipinski definition) is 0. The highest BCUT2D eigenvalue weighted by atomic mass is 127. The standard InChI is InChI=1S/C25H32INO15S/c1-10(28)34-7-16-19(21(37-13(4)31)18(26)24(40-16)27-9-43)42-25-23(39-15(6)33)22(38-14(5)32)20(36-12(3)30)17(41-25)8-35-11(2)29/h16-25H,7-8H2,1-6H3/t16-,17-,18+,19-,20-,21-,22+,23-,24+,25-/m1/s1. The van der Waals surface area contributed by atoms with E-state index in [4.69, 9.17) is 54.8 Å². The summed E-state index contributed by atoms with van der Waals surface area (Å²) in [5.74, 6) is -4.58. The number of rotatable bonds is 11. The number of aliphatic imine (C=N–C) groups is 1. The summed E-state index contributed by atoms with van der Waals surface area (Å²) in [4.78, 5) is 75.7. The first kappa shape index (κ1) is 36.4. The number of thiocarbonyl (C=S) groups is 1. The van der Waals surface area contributed by atoms with Gasteiger partial charge in [0.25, 0.3) is 0 Å². The van der Waals surface area contributed by atoms with Gasteiger partial charge in [0, 0.05) is 41.5 Å². The number of halogens is 1. The molecule has 0 aromatic carbocycles. The molecule has 10 atom stereocenters. The monoisotopic (exact) mass is 745 g/mol. The fourth-order valence-corrected chi connectivity index (χ4v) is 5.31. The Kier molecular flexibility index (Phi) is 14.3. The number of isothiocyanates is 1. The molecule has 2 aliphatic heterocycles. The first-order chi connectivity index (χ1) is 20.1. The number of alkyl halides is 1. The summed E-state index contributed by atoms with van der Waals surface area (Å²) < 4.78 is 49.5. The lowest BCUT2D eigenvalue weighted by Gasteiger charge is -2.47. The van der Waals surface area contributed by atoms with Gasteiger partial charge in [0.15, 0.2) is 30.8 Å². The van der Waals surface area contributed by atoms with Gasteiger partial charge in [-0.05, 0) is 12.2 Å².